The first-order chi connectivity index (χ1) is 21.4. The minimum absolute atomic E-state index is 0.717. The van der Waals surface area contributed by atoms with Crippen LogP contribution in [0.5, 0.6) is 17.2 Å². The van der Waals surface area contributed by atoms with Crippen molar-refractivity contribution >= 4 is 52.9 Å². The number of halogens is 2. The Labute approximate surface area is 274 Å². The predicted octanol–water partition coefficient (Wildman–Crippen LogP) is 7.96. The van der Waals surface area contributed by atoms with E-state index >= 15 is 0 Å². The molecule has 3 nitrogen and oxygen atoms in total. The third kappa shape index (κ3) is 7.28. The molecule has 0 radical (unpaired) electrons. The van der Waals surface area contributed by atoms with Gasteiger partial charge in [0.15, 0.2) is 0 Å². The number of allylic oxidation sites excluding steroid dienone is 1. The van der Waals surface area contributed by atoms with E-state index in [9.17, 15) is 0 Å². The molecule has 0 bridgehead atoms. The molecule has 0 saturated heterocycles. The van der Waals surface area contributed by atoms with Gasteiger partial charge in [0, 0.05) is 0 Å². The topological polar surface area (TPSA) is 27.7 Å². The Bertz CT molecular complexity index is 1670. The van der Waals surface area contributed by atoms with Crippen LogP contribution in [0, 0.1) is 6.92 Å². The van der Waals surface area contributed by atoms with Crippen LogP contribution < -0.4 is 30.1 Å². The molecule has 5 aromatic carbocycles. The van der Waals surface area contributed by atoms with Crippen molar-refractivity contribution in [3.63, 3.8) is 0 Å². The number of hydrogen-bond donors (Lipinski definition) is 0. The fourth-order valence-electron chi connectivity index (χ4n) is 5.17. The Hall–Kier alpha value is -3.39. The quantitative estimate of drug-likeness (QED) is 0.0968. The summed E-state index contributed by atoms with van der Waals surface area (Å²) in [5.74, 6) is 2.18. The van der Waals surface area contributed by atoms with Crippen LogP contribution >= 0.6 is 27.3 Å². The molecule has 0 aromatic heterocycles. The molecule has 44 heavy (non-hydrogen) atoms. The van der Waals surface area contributed by atoms with Gasteiger partial charge in [-0.2, -0.15) is 0 Å². The minimum atomic E-state index is -2.12. The summed E-state index contributed by atoms with van der Waals surface area (Å²) in [4.78, 5) is 0. The Kier molecular flexibility index (Phi) is 11.0. The molecule has 1 aliphatic rings. The SMILES string of the molecule is [CH2+]c1cc(OC)cc2c1[C](=[Ru]([Cl])[Cl])C=C2c1cc(OC)cc(OC)c1.c1ccc([PH+](c2ccccc2)c2ccccc2)cc1. The van der Waals surface area contributed by atoms with Crippen molar-refractivity contribution in [2.24, 2.45) is 0 Å². The molecule has 0 N–H and O–H groups in total. The van der Waals surface area contributed by atoms with E-state index in [0.717, 1.165) is 37.7 Å². The van der Waals surface area contributed by atoms with E-state index in [-0.39, 0.29) is 0 Å². The van der Waals surface area contributed by atoms with Crippen LogP contribution in [-0.4, -0.2) is 25.4 Å². The fraction of sp³-hybridized carbons (Fsp3) is 0.0811. The van der Waals surface area contributed by atoms with Crippen molar-refractivity contribution in [2.45, 2.75) is 0 Å². The van der Waals surface area contributed by atoms with Gasteiger partial charge in [-0.1, -0.05) is 54.6 Å². The van der Waals surface area contributed by atoms with Gasteiger partial charge in [0.25, 0.3) is 0 Å². The van der Waals surface area contributed by atoms with Crippen molar-refractivity contribution in [3.05, 3.63) is 157 Å². The zero-order valence-electron chi connectivity index (χ0n) is 24.7. The van der Waals surface area contributed by atoms with E-state index in [1.54, 1.807) is 21.3 Å². The predicted molar refractivity (Wildman–Crippen MR) is 186 cm³/mol. The molecule has 0 spiro atoms. The summed E-state index contributed by atoms with van der Waals surface area (Å²) in [7, 11) is 16.7. The molecule has 0 heterocycles. The molecule has 0 amide bonds. The molecule has 224 valence electrons. The first-order valence-corrected chi connectivity index (χ1v) is 20.7. The van der Waals surface area contributed by atoms with E-state index in [1.807, 2.05) is 36.4 Å². The minimum Gasteiger partial charge on any atom is -0.0620 e. The zero-order valence-corrected chi connectivity index (χ0v) is 28.9. The van der Waals surface area contributed by atoms with Crippen molar-refractivity contribution in [1.82, 2.24) is 0 Å². The van der Waals surface area contributed by atoms with Crippen LogP contribution in [0.3, 0.4) is 0 Å². The van der Waals surface area contributed by atoms with Gasteiger partial charge in [0.1, 0.15) is 15.9 Å². The van der Waals surface area contributed by atoms with Gasteiger partial charge in [-0.25, -0.2) is 0 Å². The van der Waals surface area contributed by atoms with Crippen molar-refractivity contribution < 1.29 is 27.7 Å². The fourth-order valence-corrected chi connectivity index (χ4v) is 10.3. The van der Waals surface area contributed by atoms with Crippen LogP contribution in [0.25, 0.3) is 5.57 Å². The van der Waals surface area contributed by atoms with E-state index in [2.05, 4.69) is 97.9 Å². The molecular formula is C37H33Cl2O3PRu+2. The molecule has 7 heteroatoms. The van der Waals surface area contributed by atoms with Crippen molar-refractivity contribution in [1.29, 1.82) is 0 Å². The average molecular weight is 729 g/mol. The molecule has 0 saturated carbocycles. The average Bonchev–Trinajstić information content (AvgIpc) is 3.47. The summed E-state index contributed by atoms with van der Waals surface area (Å²) in [6.45, 7) is 4.15. The Morgan fingerprint density at radius 3 is 1.43 bits per heavy atom. The van der Waals surface area contributed by atoms with E-state index in [0.29, 0.717) is 11.5 Å². The first-order valence-electron chi connectivity index (χ1n) is 13.8. The van der Waals surface area contributed by atoms with Gasteiger partial charge in [0.05, 0.1) is 7.92 Å². The summed E-state index contributed by atoms with van der Waals surface area (Å²) in [5, 5.41) is 4.31. The zero-order chi connectivity index (χ0) is 31.1. The summed E-state index contributed by atoms with van der Waals surface area (Å²) >= 11 is -2.12. The van der Waals surface area contributed by atoms with Crippen molar-refractivity contribution in [2.75, 3.05) is 21.3 Å². The largest absolute Gasteiger partial charge is 0.102 e. The summed E-state index contributed by atoms with van der Waals surface area (Å²) < 4.78 is 17.2. The smallest absolute Gasteiger partial charge is 0.0620 e. The normalized spacial score (nSPS) is 12.1. The van der Waals surface area contributed by atoms with E-state index in [4.69, 9.17) is 33.6 Å². The third-order valence-corrected chi connectivity index (χ3v) is 13.0. The summed E-state index contributed by atoms with van der Waals surface area (Å²) in [6.07, 6.45) is 2.05. The Morgan fingerprint density at radius 2 is 1.02 bits per heavy atom. The maximum atomic E-state index is 6.35. The second-order valence-electron chi connectivity index (χ2n) is 9.86. The van der Waals surface area contributed by atoms with Gasteiger partial charge in [-0.15, -0.1) is 0 Å². The molecule has 0 atom stereocenters. The maximum Gasteiger partial charge on any atom is 0.102 e. The second-order valence-corrected chi connectivity index (χ2v) is 18.2. The van der Waals surface area contributed by atoms with E-state index in [1.165, 1.54) is 15.9 Å². The molecule has 1 aliphatic carbocycles. The first kappa shape index (κ1) is 32.0. The third-order valence-electron chi connectivity index (χ3n) is 7.21. The number of hydrogen-bond acceptors (Lipinski definition) is 3. The molecular weight excluding hydrogens is 695 g/mol. The number of ether oxygens (including phenoxy) is 3. The molecule has 5 aromatic rings. The molecule has 0 unspecified atom stereocenters. The van der Waals surface area contributed by atoms with E-state index < -0.39 is 21.4 Å². The molecule has 0 fully saturated rings. The van der Waals surface area contributed by atoms with Gasteiger partial charge in [0.2, 0.25) is 0 Å². The van der Waals surface area contributed by atoms with Gasteiger partial charge in [-0.05, 0) is 36.4 Å². The van der Waals surface area contributed by atoms with Gasteiger partial charge >= 0.3 is 161 Å². The Balaban J connectivity index is 0.000000181. The number of benzene rings is 5. The Morgan fingerprint density at radius 1 is 0.591 bits per heavy atom. The van der Waals surface area contributed by atoms with Crippen LogP contribution in [0.15, 0.2) is 127 Å². The van der Waals surface area contributed by atoms with Crippen LogP contribution in [0.1, 0.15) is 22.3 Å². The second kappa shape index (κ2) is 15.1. The van der Waals surface area contributed by atoms with Crippen LogP contribution in [0.4, 0.5) is 0 Å². The standard InChI is InChI=1S/C19H17O3.C18H15P.2ClH.Ru/c1-12-7-14(20-2)11-19-17(12)5-6-18(19)13-8-15(21-3)10-16(9-13)22-4;1-4-10-16(11-5-1)19(17-12-6-2-7-13-17)18-14-8-3-9-15-18;;;/h6-11H,1H2,2-4H3;1-15H;2*1H;/q+1;;;;+2/p-1. The van der Waals surface area contributed by atoms with Crippen molar-refractivity contribution in [3.8, 4) is 17.2 Å². The number of methoxy groups -OCH3 is 3. The van der Waals surface area contributed by atoms with Gasteiger partial charge < -0.3 is 0 Å². The molecule has 6 rings (SSSR count). The number of rotatable bonds is 7. The molecule has 0 aliphatic heterocycles. The maximum absolute atomic E-state index is 6.35. The summed E-state index contributed by atoms with van der Waals surface area (Å²) in [6, 6.07) is 42.1. The monoisotopic (exact) mass is 728 g/mol. The van der Waals surface area contributed by atoms with Crippen LogP contribution in [-0.2, 0) is 13.5 Å². The van der Waals surface area contributed by atoms with Crippen LogP contribution in [0.2, 0.25) is 0 Å². The summed E-state index contributed by atoms with van der Waals surface area (Å²) in [5.41, 5.74) is 4.83. The van der Waals surface area contributed by atoms with Gasteiger partial charge in [-0.3, -0.25) is 0 Å². The number of fused-ring (bicyclic) bond motifs is 1.